The number of imide groups is 1. The molecule has 0 bridgehead atoms. The highest BCUT2D eigenvalue weighted by atomic mass is 16.5. The topological polar surface area (TPSA) is 129 Å². The van der Waals surface area contributed by atoms with Gasteiger partial charge in [0.05, 0.1) is 19.3 Å². The number of carbonyl (C=O) groups excluding carboxylic acids is 3. The average Bonchev–Trinajstić information content (AvgIpc) is 2.78. The second kappa shape index (κ2) is 6.64. The van der Waals surface area contributed by atoms with Crippen LogP contribution in [0.5, 0.6) is 0 Å². The van der Waals surface area contributed by atoms with Crippen LogP contribution >= 0.6 is 0 Å². The molecule has 0 aliphatic carbocycles. The second-order valence-corrected chi connectivity index (χ2v) is 4.36. The summed E-state index contributed by atoms with van der Waals surface area (Å²) < 4.78 is 6.07. The zero-order valence-electron chi connectivity index (χ0n) is 11.5. The summed E-state index contributed by atoms with van der Waals surface area (Å²) in [5, 5.41) is 9.54. The average molecular weight is 283 g/mol. The first-order valence-electron chi connectivity index (χ1n) is 5.97. The lowest BCUT2D eigenvalue weighted by atomic mass is 10.1. The number of methoxy groups -OCH3 is 1. The molecule has 0 atom stereocenters. The molecule has 9 nitrogen and oxygen atoms in total. The fourth-order valence-electron chi connectivity index (χ4n) is 1.71. The van der Waals surface area contributed by atoms with Gasteiger partial charge in [-0.05, 0) is 5.92 Å². The number of amides is 3. The Morgan fingerprint density at radius 1 is 1.40 bits per heavy atom. The summed E-state index contributed by atoms with van der Waals surface area (Å²) in [5.74, 6) is -1.14. The molecule has 0 aromatic carbocycles. The number of nitrogens with zero attached hydrogens (tertiary/aromatic N) is 3. The van der Waals surface area contributed by atoms with Gasteiger partial charge in [0.15, 0.2) is 5.69 Å². The number of aryl methyl sites for hydroxylation is 1. The Morgan fingerprint density at radius 2 is 2.05 bits per heavy atom. The number of aromatic nitrogens is 3. The van der Waals surface area contributed by atoms with E-state index in [-0.39, 0.29) is 24.6 Å². The van der Waals surface area contributed by atoms with Crippen LogP contribution in [0.25, 0.3) is 0 Å². The highest BCUT2D eigenvalue weighted by molar-refractivity contribution is 5.93. The first kappa shape index (κ1) is 15.6. The number of carbonyl (C=O) groups is 3. The maximum absolute atomic E-state index is 11.6. The molecule has 1 aromatic heterocycles. The van der Waals surface area contributed by atoms with E-state index in [2.05, 4.69) is 15.0 Å². The lowest BCUT2D eigenvalue weighted by Gasteiger charge is -2.10. The van der Waals surface area contributed by atoms with Crippen molar-refractivity contribution in [3.05, 3.63) is 11.4 Å². The molecule has 9 heteroatoms. The SMILES string of the molecule is COC(=O)c1nnn(CCC(=O)NC(N)=O)c1C(C)C. The zero-order chi connectivity index (χ0) is 15.3. The van der Waals surface area contributed by atoms with Gasteiger partial charge in [-0.2, -0.15) is 0 Å². The lowest BCUT2D eigenvalue weighted by Crippen LogP contribution is -2.35. The number of nitrogens with one attached hydrogen (secondary N) is 1. The predicted octanol–water partition coefficient (Wildman–Crippen LogP) is -0.227. The van der Waals surface area contributed by atoms with Crippen LogP contribution < -0.4 is 11.1 Å². The van der Waals surface area contributed by atoms with Crippen LogP contribution in [0.2, 0.25) is 0 Å². The van der Waals surface area contributed by atoms with E-state index in [0.29, 0.717) is 5.69 Å². The van der Waals surface area contributed by atoms with Crippen LogP contribution in [0.4, 0.5) is 4.79 Å². The third-order valence-corrected chi connectivity index (χ3v) is 2.51. The second-order valence-electron chi connectivity index (χ2n) is 4.36. The molecule has 0 saturated carbocycles. The van der Waals surface area contributed by atoms with Crippen LogP contribution in [-0.2, 0) is 16.1 Å². The Hall–Kier alpha value is -2.45. The summed E-state index contributed by atoms with van der Waals surface area (Å²) in [4.78, 5) is 33.4. The Morgan fingerprint density at radius 3 is 2.55 bits per heavy atom. The van der Waals surface area contributed by atoms with E-state index >= 15 is 0 Å². The Bertz CT molecular complexity index is 523. The third-order valence-electron chi connectivity index (χ3n) is 2.51. The maximum atomic E-state index is 11.6. The van der Waals surface area contributed by atoms with E-state index in [4.69, 9.17) is 5.73 Å². The summed E-state index contributed by atoms with van der Waals surface area (Å²) in [5.41, 5.74) is 5.53. The van der Waals surface area contributed by atoms with Gasteiger partial charge in [-0.3, -0.25) is 10.1 Å². The van der Waals surface area contributed by atoms with Crippen molar-refractivity contribution in [1.29, 1.82) is 0 Å². The molecule has 0 spiro atoms. The molecule has 20 heavy (non-hydrogen) atoms. The van der Waals surface area contributed by atoms with E-state index in [0.717, 1.165) is 0 Å². The van der Waals surface area contributed by atoms with Gasteiger partial charge < -0.3 is 10.5 Å². The summed E-state index contributed by atoms with van der Waals surface area (Å²) in [7, 11) is 1.26. The minimum absolute atomic E-state index is 0.00731. The molecule has 110 valence electrons. The van der Waals surface area contributed by atoms with Crippen LogP contribution in [0.3, 0.4) is 0 Å². The smallest absolute Gasteiger partial charge is 0.360 e. The molecular weight excluding hydrogens is 266 g/mol. The summed E-state index contributed by atoms with van der Waals surface area (Å²) in [6, 6.07) is -0.909. The van der Waals surface area contributed by atoms with Crippen molar-refractivity contribution >= 4 is 17.9 Å². The standard InChI is InChI=1S/C11H17N5O4/c1-6(2)9-8(10(18)20-3)14-15-16(9)5-4-7(17)13-11(12)19/h6H,4-5H2,1-3H3,(H3,12,13,17,19). The van der Waals surface area contributed by atoms with Gasteiger partial charge in [-0.15, -0.1) is 5.10 Å². The summed E-state index contributed by atoms with van der Waals surface area (Å²) in [6.07, 6.45) is -0.00731. The largest absolute Gasteiger partial charge is 0.464 e. The molecule has 3 N–H and O–H groups in total. The number of hydrogen-bond donors (Lipinski definition) is 2. The molecule has 3 amide bonds. The van der Waals surface area contributed by atoms with Crippen LogP contribution in [0.15, 0.2) is 0 Å². The Labute approximate surface area is 115 Å². The monoisotopic (exact) mass is 283 g/mol. The van der Waals surface area contributed by atoms with E-state index in [1.165, 1.54) is 11.8 Å². The van der Waals surface area contributed by atoms with Crippen LogP contribution in [-0.4, -0.2) is 40.0 Å². The first-order chi connectivity index (χ1) is 9.36. The minimum Gasteiger partial charge on any atom is -0.464 e. The van der Waals surface area contributed by atoms with Gasteiger partial charge in [-0.1, -0.05) is 19.1 Å². The van der Waals surface area contributed by atoms with E-state index in [9.17, 15) is 14.4 Å². The maximum Gasteiger partial charge on any atom is 0.360 e. The van der Waals surface area contributed by atoms with Gasteiger partial charge in [0.2, 0.25) is 5.91 Å². The minimum atomic E-state index is -0.909. The summed E-state index contributed by atoms with van der Waals surface area (Å²) >= 11 is 0. The predicted molar refractivity (Wildman–Crippen MR) is 67.8 cm³/mol. The van der Waals surface area contributed by atoms with Gasteiger partial charge in [0.1, 0.15) is 0 Å². The number of primary amides is 1. The molecule has 1 aromatic rings. The third kappa shape index (κ3) is 3.77. The number of hydrogen-bond acceptors (Lipinski definition) is 6. The summed E-state index contributed by atoms with van der Waals surface area (Å²) in [6.45, 7) is 3.91. The Kier molecular flexibility index (Phi) is 5.18. The molecule has 0 saturated heterocycles. The van der Waals surface area contributed by atoms with Gasteiger partial charge in [0, 0.05) is 6.42 Å². The molecule has 1 rings (SSSR count). The fourth-order valence-corrected chi connectivity index (χ4v) is 1.71. The molecule has 0 aliphatic heterocycles. The number of ether oxygens (including phenoxy) is 1. The lowest BCUT2D eigenvalue weighted by molar-refractivity contribution is -0.120. The van der Waals surface area contributed by atoms with E-state index in [1.807, 2.05) is 19.2 Å². The van der Waals surface area contributed by atoms with Crippen molar-refractivity contribution < 1.29 is 19.1 Å². The Balaban J connectivity index is 2.85. The van der Waals surface area contributed by atoms with Crippen LogP contribution in [0, 0.1) is 0 Å². The van der Waals surface area contributed by atoms with Crippen LogP contribution in [0.1, 0.15) is 42.4 Å². The number of urea groups is 1. The first-order valence-corrected chi connectivity index (χ1v) is 5.97. The van der Waals surface area contributed by atoms with E-state index < -0.39 is 17.9 Å². The molecule has 0 radical (unpaired) electrons. The number of nitrogens with two attached hydrogens (primary N) is 1. The number of rotatable bonds is 5. The molecule has 0 fully saturated rings. The fraction of sp³-hybridized carbons (Fsp3) is 0.545. The molecule has 0 unspecified atom stereocenters. The highest BCUT2D eigenvalue weighted by Gasteiger charge is 2.22. The van der Waals surface area contributed by atoms with E-state index in [1.54, 1.807) is 0 Å². The highest BCUT2D eigenvalue weighted by Crippen LogP contribution is 2.18. The normalized spacial score (nSPS) is 10.4. The van der Waals surface area contributed by atoms with Crippen molar-refractivity contribution in [3.8, 4) is 0 Å². The van der Waals surface area contributed by atoms with Gasteiger partial charge in [-0.25, -0.2) is 14.3 Å². The van der Waals surface area contributed by atoms with Crippen molar-refractivity contribution in [2.45, 2.75) is 32.7 Å². The van der Waals surface area contributed by atoms with Gasteiger partial charge >= 0.3 is 12.0 Å². The molecule has 1 heterocycles. The van der Waals surface area contributed by atoms with Crippen molar-refractivity contribution in [1.82, 2.24) is 20.3 Å². The van der Waals surface area contributed by atoms with Crippen molar-refractivity contribution in [2.24, 2.45) is 5.73 Å². The van der Waals surface area contributed by atoms with Crippen molar-refractivity contribution in [3.63, 3.8) is 0 Å². The molecular formula is C11H17N5O4. The zero-order valence-corrected chi connectivity index (χ0v) is 11.5. The van der Waals surface area contributed by atoms with Gasteiger partial charge in [0.25, 0.3) is 0 Å². The van der Waals surface area contributed by atoms with Crippen molar-refractivity contribution in [2.75, 3.05) is 7.11 Å². The quantitative estimate of drug-likeness (QED) is 0.718. The number of esters is 1. The molecule has 0 aliphatic rings.